The van der Waals surface area contributed by atoms with Crippen LogP contribution in [0.25, 0.3) is 0 Å². The molecular weight excluding hydrogens is 366 g/mol. The van der Waals surface area contributed by atoms with Crippen LogP contribution in [0.1, 0.15) is 37.6 Å². The van der Waals surface area contributed by atoms with Gasteiger partial charge in [0.2, 0.25) is 5.88 Å². The van der Waals surface area contributed by atoms with Crippen LogP contribution in [-0.4, -0.2) is 21.6 Å². The number of hydrogen-bond donors (Lipinski definition) is 0. The molecule has 0 saturated carbocycles. The fourth-order valence-corrected chi connectivity index (χ4v) is 2.73. The Balaban J connectivity index is 1.62. The number of aryl methyl sites for hydroxylation is 2. The summed E-state index contributed by atoms with van der Waals surface area (Å²) >= 11 is 0. The summed E-state index contributed by atoms with van der Waals surface area (Å²) in [4.78, 5) is 5.47. The topological polar surface area (TPSA) is 57.9 Å². The molecule has 0 aliphatic heterocycles. The van der Waals surface area contributed by atoms with Gasteiger partial charge in [-0.15, -0.1) is 0 Å². The minimum absolute atomic E-state index is 0.219. The lowest BCUT2D eigenvalue weighted by Crippen LogP contribution is -2.22. The summed E-state index contributed by atoms with van der Waals surface area (Å²) in [5, 5.41) is 8.52. The molecule has 6 nitrogen and oxygen atoms in total. The Morgan fingerprint density at radius 2 is 1.69 bits per heavy atom. The molecule has 0 N–H and O–H groups in total. The largest absolute Gasteiger partial charge is 0.488 e. The number of oxime groups is 1. The fourth-order valence-electron chi connectivity index (χ4n) is 2.73. The molecule has 152 valence electrons. The molecule has 0 saturated heterocycles. The van der Waals surface area contributed by atoms with Gasteiger partial charge in [0.15, 0.2) is 0 Å². The van der Waals surface area contributed by atoms with Crippen molar-refractivity contribution in [3.05, 3.63) is 71.4 Å². The Morgan fingerprint density at radius 3 is 2.34 bits per heavy atom. The molecule has 2 aromatic carbocycles. The van der Waals surface area contributed by atoms with Crippen LogP contribution < -0.4 is 9.47 Å². The van der Waals surface area contributed by atoms with E-state index in [1.807, 2.05) is 89.3 Å². The molecule has 0 aliphatic carbocycles. The first-order chi connectivity index (χ1) is 13.8. The molecule has 1 heterocycles. The van der Waals surface area contributed by atoms with E-state index in [1.54, 1.807) is 10.9 Å². The minimum atomic E-state index is -0.219. The van der Waals surface area contributed by atoms with Gasteiger partial charge in [-0.05, 0) is 57.5 Å². The average molecular weight is 393 g/mol. The van der Waals surface area contributed by atoms with E-state index in [0.29, 0.717) is 12.5 Å². The highest BCUT2D eigenvalue weighted by Crippen LogP contribution is 2.26. The first kappa shape index (κ1) is 20.5. The van der Waals surface area contributed by atoms with E-state index in [2.05, 4.69) is 10.3 Å². The Labute approximate surface area is 171 Å². The van der Waals surface area contributed by atoms with Gasteiger partial charge in [0.1, 0.15) is 23.7 Å². The van der Waals surface area contributed by atoms with Crippen LogP contribution in [-0.2, 0) is 18.5 Å². The van der Waals surface area contributed by atoms with Crippen molar-refractivity contribution in [3.8, 4) is 17.4 Å². The van der Waals surface area contributed by atoms with Gasteiger partial charge in [-0.3, -0.25) is 0 Å². The summed E-state index contributed by atoms with van der Waals surface area (Å²) in [6.45, 7) is 8.34. The zero-order valence-corrected chi connectivity index (χ0v) is 17.5. The molecule has 0 unspecified atom stereocenters. The summed E-state index contributed by atoms with van der Waals surface area (Å²) in [5.41, 5.74) is 2.38. The van der Waals surface area contributed by atoms with E-state index in [-0.39, 0.29) is 5.60 Å². The van der Waals surface area contributed by atoms with Gasteiger partial charge in [-0.25, -0.2) is 4.68 Å². The molecule has 0 atom stereocenters. The smallest absolute Gasteiger partial charge is 0.226 e. The normalized spacial score (nSPS) is 11.6. The third kappa shape index (κ3) is 5.85. The van der Waals surface area contributed by atoms with Crippen LogP contribution in [0.15, 0.2) is 59.8 Å². The highest BCUT2D eigenvalue weighted by molar-refractivity contribution is 5.84. The van der Waals surface area contributed by atoms with Gasteiger partial charge in [0.25, 0.3) is 0 Å². The van der Waals surface area contributed by atoms with Crippen molar-refractivity contribution in [2.24, 2.45) is 12.2 Å². The van der Waals surface area contributed by atoms with Gasteiger partial charge in [-0.1, -0.05) is 35.5 Å². The second-order valence-electron chi connectivity index (χ2n) is 7.71. The molecule has 3 rings (SSSR count). The molecule has 6 heteroatoms. The van der Waals surface area contributed by atoms with Gasteiger partial charge in [0.05, 0.1) is 17.5 Å². The van der Waals surface area contributed by atoms with E-state index in [1.165, 1.54) is 0 Å². The van der Waals surface area contributed by atoms with Crippen LogP contribution in [0.5, 0.6) is 17.4 Å². The first-order valence-electron chi connectivity index (χ1n) is 9.51. The van der Waals surface area contributed by atoms with Gasteiger partial charge < -0.3 is 14.3 Å². The number of aromatic nitrogens is 2. The number of nitrogens with zero attached hydrogens (tertiary/aromatic N) is 3. The van der Waals surface area contributed by atoms with E-state index in [4.69, 9.17) is 14.3 Å². The molecule has 29 heavy (non-hydrogen) atoms. The second kappa shape index (κ2) is 8.82. The highest BCUT2D eigenvalue weighted by Gasteiger charge is 2.14. The molecule has 0 aliphatic rings. The van der Waals surface area contributed by atoms with Crippen LogP contribution in [0, 0.1) is 6.92 Å². The van der Waals surface area contributed by atoms with E-state index in [0.717, 1.165) is 28.3 Å². The molecule has 0 spiro atoms. The molecule has 0 fully saturated rings. The molecule has 1 aromatic heterocycles. The summed E-state index contributed by atoms with van der Waals surface area (Å²) in [6.07, 6.45) is 1.64. The fraction of sp³-hybridized carbons (Fsp3) is 0.304. The second-order valence-corrected chi connectivity index (χ2v) is 7.71. The van der Waals surface area contributed by atoms with Crippen LogP contribution in [0.3, 0.4) is 0 Å². The lowest BCUT2D eigenvalue weighted by Gasteiger charge is -2.21. The number of hydrogen-bond acceptors (Lipinski definition) is 5. The van der Waals surface area contributed by atoms with Gasteiger partial charge in [0, 0.05) is 7.05 Å². The minimum Gasteiger partial charge on any atom is -0.488 e. The number of para-hydroxylation sites is 1. The third-order valence-electron chi connectivity index (χ3n) is 4.01. The maximum Gasteiger partial charge on any atom is 0.226 e. The highest BCUT2D eigenvalue weighted by atomic mass is 16.6. The SMILES string of the molecule is Cc1nn(C)c(Oc2ccccc2)c1C=NOCc1ccc(OC(C)(C)C)cc1. The lowest BCUT2D eigenvalue weighted by molar-refractivity contribution is 0.128. The van der Waals surface area contributed by atoms with Crippen LogP contribution in [0.2, 0.25) is 0 Å². The lowest BCUT2D eigenvalue weighted by atomic mass is 10.2. The van der Waals surface area contributed by atoms with Crippen molar-refractivity contribution in [2.45, 2.75) is 39.9 Å². The number of rotatable bonds is 7. The zero-order chi connectivity index (χ0) is 20.9. The molecule has 3 aromatic rings. The van der Waals surface area contributed by atoms with Crippen LogP contribution in [0.4, 0.5) is 0 Å². The Kier molecular flexibility index (Phi) is 6.22. The predicted molar refractivity (Wildman–Crippen MR) is 114 cm³/mol. The summed E-state index contributed by atoms with van der Waals surface area (Å²) in [5.74, 6) is 2.19. The van der Waals surface area contributed by atoms with Crippen molar-refractivity contribution < 1.29 is 14.3 Å². The van der Waals surface area contributed by atoms with Crippen LogP contribution >= 0.6 is 0 Å². The zero-order valence-electron chi connectivity index (χ0n) is 17.5. The molecule has 0 amide bonds. The Bertz CT molecular complexity index is 956. The number of ether oxygens (including phenoxy) is 2. The van der Waals surface area contributed by atoms with E-state index < -0.39 is 0 Å². The van der Waals surface area contributed by atoms with E-state index >= 15 is 0 Å². The van der Waals surface area contributed by atoms with Gasteiger partial charge >= 0.3 is 0 Å². The van der Waals surface area contributed by atoms with Gasteiger partial charge in [-0.2, -0.15) is 5.10 Å². The predicted octanol–water partition coefficient (Wildman–Crippen LogP) is 5.25. The molecule has 0 bridgehead atoms. The third-order valence-corrected chi connectivity index (χ3v) is 4.01. The quantitative estimate of drug-likeness (QED) is 0.406. The molecular formula is C23H27N3O3. The van der Waals surface area contributed by atoms with Crippen molar-refractivity contribution in [3.63, 3.8) is 0 Å². The monoisotopic (exact) mass is 393 g/mol. The summed E-state index contributed by atoms with van der Waals surface area (Å²) in [6, 6.07) is 17.4. The van der Waals surface area contributed by atoms with Crippen molar-refractivity contribution >= 4 is 6.21 Å². The van der Waals surface area contributed by atoms with Crippen molar-refractivity contribution in [1.82, 2.24) is 9.78 Å². The standard InChI is InChI=1S/C23H27N3O3/c1-17-21(22(26(5)25-17)28-19-9-7-6-8-10-19)15-24-27-16-18-11-13-20(14-12-18)29-23(2,3)4/h6-15H,16H2,1-5H3. The van der Waals surface area contributed by atoms with E-state index in [9.17, 15) is 0 Å². The summed E-state index contributed by atoms with van der Waals surface area (Å²) in [7, 11) is 1.84. The average Bonchev–Trinajstić information content (AvgIpc) is 2.93. The summed E-state index contributed by atoms with van der Waals surface area (Å²) < 4.78 is 13.5. The maximum absolute atomic E-state index is 5.97. The molecule has 0 radical (unpaired) electrons. The van der Waals surface area contributed by atoms with Crippen molar-refractivity contribution in [1.29, 1.82) is 0 Å². The first-order valence-corrected chi connectivity index (χ1v) is 9.51. The Morgan fingerprint density at radius 1 is 1.00 bits per heavy atom. The van der Waals surface area contributed by atoms with Crippen molar-refractivity contribution in [2.75, 3.05) is 0 Å². The Hall–Kier alpha value is -3.28. The maximum atomic E-state index is 5.97. The number of benzene rings is 2.